The van der Waals surface area contributed by atoms with E-state index < -0.39 is 0 Å². The van der Waals surface area contributed by atoms with Crippen LogP contribution in [0.25, 0.3) is 0 Å². The molecule has 1 aromatic heterocycles. The molecule has 1 heterocycles. The Bertz CT molecular complexity index is 222. The van der Waals surface area contributed by atoms with E-state index in [-0.39, 0.29) is 12.6 Å². The van der Waals surface area contributed by atoms with Crippen LogP contribution in [0.1, 0.15) is 25.1 Å². The largest absolute Gasteiger partial charge is 0.396 e. The number of aromatic nitrogens is 2. The average molecular weight is 181 g/mol. The second-order valence-corrected chi connectivity index (χ2v) is 2.75. The SMILES string of the molecule is CCN[C@@H](CCO)c1cnccn1. The van der Waals surface area contributed by atoms with Gasteiger partial charge in [0.05, 0.1) is 11.7 Å². The minimum atomic E-state index is 0.115. The Morgan fingerprint density at radius 1 is 1.54 bits per heavy atom. The number of hydrogen-bond donors (Lipinski definition) is 2. The van der Waals surface area contributed by atoms with Gasteiger partial charge < -0.3 is 10.4 Å². The number of aliphatic hydroxyl groups excluding tert-OH is 1. The second kappa shape index (κ2) is 5.61. The molecule has 4 nitrogen and oxygen atoms in total. The van der Waals surface area contributed by atoms with E-state index in [2.05, 4.69) is 15.3 Å². The molecule has 0 amide bonds. The van der Waals surface area contributed by atoms with Crippen LogP contribution in [-0.2, 0) is 0 Å². The van der Waals surface area contributed by atoms with Gasteiger partial charge in [0, 0.05) is 25.2 Å². The summed E-state index contributed by atoms with van der Waals surface area (Å²) in [5.74, 6) is 0. The molecular weight excluding hydrogens is 166 g/mol. The topological polar surface area (TPSA) is 58.0 Å². The van der Waals surface area contributed by atoms with Crippen LogP contribution in [0, 0.1) is 0 Å². The molecule has 0 saturated heterocycles. The quantitative estimate of drug-likeness (QED) is 0.695. The van der Waals surface area contributed by atoms with E-state index in [0.29, 0.717) is 6.42 Å². The van der Waals surface area contributed by atoms with Crippen LogP contribution < -0.4 is 5.32 Å². The lowest BCUT2D eigenvalue weighted by Gasteiger charge is -2.14. The Morgan fingerprint density at radius 3 is 2.92 bits per heavy atom. The minimum absolute atomic E-state index is 0.115. The van der Waals surface area contributed by atoms with Crippen molar-refractivity contribution in [1.82, 2.24) is 15.3 Å². The Morgan fingerprint density at radius 2 is 2.38 bits per heavy atom. The molecule has 4 heteroatoms. The lowest BCUT2D eigenvalue weighted by atomic mass is 10.1. The summed E-state index contributed by atoms with van der Waals surface area (Å²) in [5.41, 5.74) is 0.887. The van der Waals surface area contributed by atoms with Gasteiger partial charge in [-0.2, -0.15) is 0 Å². The third-order valence-electron chi connectivity index (χ3n) is 1.81. The summed E-state index contributed by atoms with van der Waals surface area (Å²) in [4.78, 5) is 8.17. The highest BCUT2D eigenvalue weighted by molar-refractivity contribution is 5.01. The average Bonchev–Trinajstić information content (AvgIpc) is 2.19. The molecule has 1 rings (SSSR count). The third kappa shape index (κ3) is 3.08. The van der Waals surface area contributed by atoms with Gasteiger partial charge in [-0.25, -0.2) is 0 Å². The first-order valence-electron chi connectivity index (χ1n) is 4.48. The molecule has 0 fully saturated rings. The summed E-state index contributed by atoms with van der Waals surface area (Å²) in [5, 5.41) is 12.1. The van der Waals surface area contributed by atoms with Gasteiger partial charge in [0.15, 0.2) is 0 Å². The molecule has 1 atom stereocenters. The first-order chi connectivity index (χ1) is 6.38. The fraction of sp³-hybridized carbons (Fsp3) is 0.556. The number of rotatable bonds is 5. The van der Waals surface area contributed by atoms with E-state index in [1.165, 1.54) is 0 Å². The number of nitrogens with zero attached hydrogens (tertiary/aromatic N) is 2. The van der Waals surface area contributed by atoms with Gasteiger partial charge in [0.2, 0.25) is 0 Å². The summed E-state index contributed by atoms with van der Waals surface area (Å²) in [6.07, 6.45) is 5.71. The number of hydrogen-bond acceptors (Lipinski definition) is 4. The van der Waals surface area contributed by atoms with Crippen molar-refractivity contribution in [3.05, 3.63) is 24.3 Å². The fourth-order valence-electron chi connectivity index (χ4n) is 1.22. The molecule has 0 spiro atoms. The first kappa shape index (κ1) is 10.1. The van der Waals surface area contributed by atoms with Crippen LogP contribution in [0.4, 0.5) is 0 Å². The maximum absolute atomic E-state index is 8.84. The summed E-state index contributed by atoms with van der Waals surface area (Å²) >= 11 is 0. The van der Waals surface area contributed by atoms with Gasteiger partial charge in [-0.3, -0.25) is 9.97 Å². The Kier molecular flexibility index (Phi) is 4.35. The van der Waals surface area contributed by atoms with Crippen molar-refractivity contribution in [1.29, 1.82) is 0 Å². The van der Waals surface area contributed by atoms with E-state index in [4.69, 9.17) is 5.11 Å². The Labute approximate surface area is 78.0 Å². The fourth-order valence-corrected chi connectivity index (χ4v) is 1.22. The third-order valence-corrected chi connectivity index (χ3v) is 1.81. The van der Waals surface area contributed by atoms with Crippen molar-refractivity contribution in [3.8, 4) is 0 Å². The van der Waals surface area contributed by atoms with Gasteiger partial charge in [-0.1, -0.05) is 6.92 Å². The highest BCUT2D eigenvalue weighted by Gasteiger charge is 2.09. The van der Waals surface area contributed by atoms with Gasteiger partial charge >= 0.3 is 0 Å². The molecule has 13 heavy (non-hydrogen) atoms. The highest BCUT2D eigenvalue weighted by Crippen LogP contribution is 2.11. The van der Waals surface area contributed by atoms with Gasteiger partial charge in [0.25, 0.3) is 0 Å². The summed E-state index contributed by atoms with van der Waals surface area (Å²) in [7, 11) is 0. The van der Waals surface area contributed by atoms with Gasteiger partial charge in [-0.15, -0.1) is 0 Å². The molecule has 72 valence electrons. The van der Waals surface area contributed by atoms with Crippen molar-refractivity contribution in [2.75, 3.05) is 13.2 Å². The maximum Gasteiger partial charge on any atom is 0.0756 e. The molecule has 0 unspecified atom stereocenters. The molecule has 2 N–H and O–H groups in total. The summed E-state index contributed by atoms with van der Waals surface area (Å²) in [6, 6.07) is 0.115. The Hall–Kier alpha value is -1.00. The molecule has 0 aliphatic carbocycles. The van der Waals surface area contributed by atoms with E-state index in [1.54, 1.807) is 18.6 Å². The van der Waals surface area contributed by atoms with Gasteiger partial charge in [-0.05, 0) is 13.0 Å². The first-order valence-corrected chi connectivity index (χ1v) is 4.48. The van der Waals surface area contributed by atoms with Crippen molar-refractivity contribution in [3.63, 3.8) is 0 Å². The molecular formula is C9H15N3O. The van der Waals surface area contributed by atoms with E-state index >= 15 is 0 Å². The molecule has 0 aromatic carbocycles. The number of nitrogens with one attached hydrogen (secondary N) is 1. The predicted octanol–water partition coefficient (Wildman–Crippen LogP) is 0.510. The normalized spacial score (nSPS) is 12.8. The zero-order valence-electron chi connectivity index (χ0n) is 7.77. The lowest BCUT2D eigenvalue weighted by molar-refractivity contribution is 0.265. The summed E-state index contributed by atoms with van der Waals surface area (Å²) in [6.45, 7) is 3.05. The molecule has 0 aliphatic rings. The molecule has 1 aromatic rings. The number of aliphatic hydroxyl groups is 1. The lowest BCUT2D eigenvalue weighted by Crippen LogP contribution is -2.22. The zero-order valence-corrected chi connectivity index (χ0v) is 7.77. The minimum Gasteiger partial charge on any atom is -0.396 e. The highest BCUT2D eigenvalue weighted by atomic mass is 16.3. The van der Waals surface area contributed by atoms with Crippen molar-refractivity contribution >= 4 is 0 Å². The smallest absolute Gasteiger partial charge is 0.0756 e. The molecule has 0 aliphatic heterocycles. The molecule has 0 saturated carbocycles. The second-order valence-electron chi connectivity index (χ2n) is 2.75. The summed E-state index contributed by atoms with van der Waals surface area (Å²) < 4.78 is 0. The maximum atomic E-state index is 8.84. The predicted molar refractivity (Wildman–Crippen MR) is 50.2 cm³/mol. The van der Waals surface area contributed by atoms with Crippen molar-refractivity contribution in [2.24, 2.45) is 0 Å². The van der Waals surface area contributed by atoms with Crippen LogP contribution in [0.5, 0.6) is 0 Å². The molecule has 0 radical (unpaired) electrons. The molecule has 0 bridgehead atoms. The Balaban J connectivity index is 2.64. The zero-order chi connectivity index (χ0) is 9.52. The van der Waals surface area contributed by atoms with Crippen LogP contribution in [0.3, 0.4) is 0 Å². The van der Waals surface area contributed by atoms with Crippen LogP contribution in [0.15, 0.2) is 18.6 Å². The van der Waals surface area contributed by atoms with E-state index in [0.717, 1.165) is 12.2 Å². The van der Waals surface area contributed by atoms with Crippen molar-refractivity contribution in [2.45, 2.75) is 19.4 Å². The van der Waals surface area contributed by atoms with Gasteiger partial charge in [0.1, 0.15) is 0 Å². The van der Waals surface area contributed by atoms with Crippen molar-refractivity contribution < 1.29 is 5.11 Å². The van der Waals surface area contributed by atoms with E-state index in [9.17, 15) is 0 Å². The van der Waals surface area contributed by atoms with E-state index in [1.807, 2.05) is 6.92 Å². The monoisotopic (exact) mass is 181 g/mol. The van der Waals surface area contributed by atoms with Crippen LogP contribution in [-0.4, -0.2) is 28.2 Å². The standard InChI is InChI=1S/C9H15N3O/c1-2-11-8(3-6-13)9-7-10-4-5-12-9/h4-5,7-8,11,13H,2-3,6H2,1H3/t8-/m0/s1. The van der Waals surface area contributed by atoms with Crippen LogP contribution >= 0.6 is 0 Å². The van der Waals surface area contributed by atoms with Crippen LogP contribution in [0.2, 0.25) is 0 Å².